The number of alkyl halides is 2. The smallest absolute Gasteiger partial charge is 0.304 e. The molecule has 14 heavy (non-hydrogen) atoms. The molecule has 0 bridgehead atoms. The van der Waals surface area contributed by atoms with Crippen LogP contribution >= 0.6 is 23.1 Å². The van der Waals surface area contributed by atoms with E-state index in [9.17, 15) is 13.6 Å². The lowest BCUT2D eigenvalue weighted by molar-refractivity contribution is -0.136. The van der Waals surface area contributed by atoms with Gasteiger partial charge in [-0.25, -0.2) is 8.78 Å². The molecule has 1 aromatic heterocycles. The normalized spacial score (nSPS) is 10.8. The standard InChI is InChI=1S/C6H6F2N2O2S2/c7-4(8)5-9-10-6(14-5)13-2-1-3(11)12/h4H,1-2H2,(H,11,12). The third-order valence-electron chi connectivity index (χ3n) is 1.15. The highest BCUT2D eigenvalue weighted by Gasteiger charge is 2.14. The number of thioether (sulfide) groups is 1. The van der Waals surface area contributed by atoms with Gasteiger partial charge in [-0.05, 0) is 0 Å². The Morgan fingerprint density at radius 1 is 1.57 bits per heavy atom. The van der Waals surface area contributed by atoms with Gasteiger partial charge in [0.05, 0.1) is 6.42 Å². The minimum atomic E-state index is -2.61. The van der Waals surface area contributed by atoms with E-state index in [0.717, 1.165) is 23.1 Å². The number of nitrogens with zero attached hydrogens (tertiary/aromatic N) is 2. The number of hydrogen-bond acceptors (Lipinski definition) is 5. The molecular weight excluding hydrogens is 234 g/mol. The Labute approximate surface area is 86.3 Å². The molecule has 0 radical (unpaired) electrons. The van der Waals surface area contributed by atoms with Crippen LogP contribution < -0.4 is 0 Å². The summed E-state index contributed by atoms with van der Waals surface area (Å²) in [4.78, 5) is 10.1. The molecule has 0 spiro atoms. The number of carbonyl (C=O) groups is 1. The summed E-state index contributed by atoms with van der Waals surface area (Å²) in [5, 5.41) is 14.7. The molecule has 8 heteroatoms. The van der Waals surface area contributed by atoms with Crippen LogP contribution in [0.4, 0.5) is 8.78 Å². The quantitative estimate of drug-likeness (QED) is 0.798. The van der Waals surface area contributed by atoms with E-state index in [-0.39, 0.29) is 11.4 Å². The predicted molar refractivity (Wildman–Crippen MR) is 47.8 cm³/mol. The van der Waals surface area contributed by atoms with Gasteiger partial charge in [0.1, 0.15) is 0 Å². The molecule has 0 fully saturated rings. The monoisotopic (exact) mass is 240 g/mol. The van der Waals surface area contributed by atoms with E-state index < -0.39 is 12.4 Å². The summed E-state index contributed by atoms with van der Waals surface area (Å²) >= 11 is 1.91. The van der Waals surface area contributed by atoms with Crippen LogP contribution in [0.1, 0.15) is 17.9 Å². The van der Waals surface area contributed by atoms with Crippen LogP contribution in [0.25, 0.3) is 0 Å². The molecule has 0 saturated heterocycles. The maximum absolute atomic E-state index is 12.0. The van der Waals surface area contributed by atoms with Crippen molar-refractivity contribution in [3.05, 3.63) is 5.01 Å². The fourth-order valence-electron chi connectivity index (χ4n) is 0.593. The molecule has 0 aliphatic heterocycles. The summed E-state index contributed by atoms with van der Waals surface area (Å²) in [5.74, 6) is -0.608. The average molecular weight is 240 g/mol. The summed E-state index contributed by atoms with van der Waals surface area (Å²) in [5.41, 5.74) is 0. The second-order valence-electron chi connectivity index (χ2n) is 2.20. The number of aromatic nitrogens is 2. The molecule has 0 aliphatic carbocycles. The zero-order valence-corrected chi connectivity index (χ0v) is 8.45. The number of aliphatic carboxylic acids is 1. The van der Waals surface area contributed by atoms with Crippen LogP contribution in [-0.2, 0) is 4.79 Å². The van der Waals surface area contributed by atoms with Crippen molar-refractivity contribution in [1.82, 2.24) is 10.2 Å². The Bertz CT molecular complexity index is 319. The van der Waals surface area contributed by atoms with Crippen molar-refractivity contribution in [2.75, 3.05) is 5.75 Å². The SMILES string of the molecule is O=C(O)CCSc1nnc(C(F)F)s1. The van der Waals surface area contributed by atoms with Gasteiger partial charge in [0.25, 0.3) is 6.43 Å². The summed E-state index contributed by atoms with van der Waals surface area (Å²) in [7, 11) is 0. The maximum Gasteiger partial charge on any atom is 0.304 e. The van der Waals surface area contributed by atoms with Gasteiger partial charge in [0, 0.05) is 5.75 Å². The summed E-state index contributed by atoms with van der Waals surface area (Å²) in [6.07, 6.45) is -2.63. The largest absolute Gasteiger partial charge is 0.481 e. The van der Waals surface area contributed by atoms with Crippen LogP contribution in [0.3, 0.4) is 0 Å². The highest BCUT2D eigenvalue weighted by molar-refractivity contribution is 8.01. The van der Waals surface area contributed by atoms with E-state index >= 15 is 0 Å². The van der Waals surface area contributed by atoms with E-state index in [0.29, 0.717) is 10.1 Å². The minimum Gasteiger partial charge on any atom is -0.481 e. The van der Waals surface area contributed by atoms with Gasteiger partial charge in [-0.2, -0.15) is 0 Å². The molecule has 1 N–H and O–H groups in total. The Morgan fingerprint density at radius 2 is 2.29 bits per heavy atom. The molecule has 0 saturated carbocycles. The molecule has 1 heterocycles. The Balaban J connectivity index is 2.40. The lowest BCUT2D eigenvalue weighted by Gasteiger charge is -1.91. The van der Waals surface area contributed by atoms with E-state index in [1.54, 1.807) is 0 Å². The number of hydrogen-bond donors (Lipinski definition) is 1. The van der Waals surface area contributed by atoms with Crippen LogP contribution in [0.5, 0.6) is 0 Å². The molecular formula is C6H6F2N2O2S2. The predicted octanol–water partition coefficient (Wildman–Crippen LogP) is 2.04. The Kier molecular flexibility index (Phi) is 4.21. The van der Waals surface area contributed by atoms with Gasteiger partial charge < -0.3 is 5.11 Å². The molecule has 4 nitrogen and oxygen atoms in total. The molecule has 0 amide bonds. The molecule has 0 aromatic carbocycles. The van der Waals surface area contributed by atoms with Crippen LogP contribution in [0, 0.1) is 0 Å². The fraction of sp³-hybridized carbons (Fsp3) is 0.500. The van der Waals surface area contributed by atoms with Gasteiger partial charge >= 0.3 is 5.97 Å². The molecule has 78 valence electrons. The van der Waals surface area contributed by atoms with Crippen LogP contribution in [-0.4, -0.2) is 27.0 Å². The number of halogens is 2. The van der Waals surface area contributed by atoms with Crippen molar-refractivity contribution in [1.29, 1.82) is 0 Å². The average Bonchev–Trinajstić information content (AvgIpc) is 2.52. The molecule has 0 aliphatic rings. The van der Waals surface area contributed by atoms with Crippen molar-refractivity contribution in [2.24, 2.45) is 0 Å². The lowest BCUT2D eigenvalue weighted by Crippen LogP contribution is -1.95. The molecule has 1 aromatic rings. The van der Waals surface area contributed by atoms with Gasteiger partial charge in [-0.15, -0.1) is 10.2 Å². The molecule has 0 atom stereocenters. The lowest BCUT2D eigenvalue weighted by atomic mass is 10.5. The molecule has 0 unspecified atom stereocenters. The van der Waals surface area contributed by atoms with Crippen molar-refractivity contribution < 1.29 is 18.7 Å². The van der Waals surface area contributed by atoms with E-state index in [1.807, 2.05) is 0 Å². The minimum absolute atomic E-state index is 0.0196. The number of carboxylic acid groups (broad SMARTS) is 1. The summed E-state index contributed by atoms with van der Waals surface area (Å²) < 4.78 is 24.4. The summed E-state index contributed by atoms with van der Waals surface area (Å²) in [6.45, 7) is 0. The van der Waals surface area contributed by atoms with Gasteiger partial charge in [-0.1, -0.05) is 23.1 Å². The topological polar surface area (TPSA) is 63.1 Å². The molecule has 1 rings (SSSR count). The highest BCUT2D eigenvalue weighted by atomic mass is 32.2. The first kappa shape index (κ1) is 11.3. The van der Waals surface area contributed by atoms with Crippen LogP contribution in [0.15, 0.2) is 4.34 Å². The number of carboxylic acids is 1. The Morgan fingerprint density at radius 3 is 2.79 bits per heavy atom. The third-order valence-corrected chi connectivity index (χ3v) is 3.22. The van der Waals surface area contributed by atoms with Crippen molar-refractivity contribution in [2.45, 2.75) is 17.2 Å². The second-order valence-corrected chi connectivity index (χ2v) is 4.55. The van der Waals surface area contributed by atoms with E-state index in [1.165, 1.54) is 0 Å². The van der Waals surface area contributed by atoms with E-state index in [4.69, 9.17) is 5.11 Å². The van der Waals surface area contributed by atoms with Gasteiger partial charge in [-0.3, -0.25) is 4.79 Å². The first-order valence-corrected chi connectivity index (χ1v) is 5.36. The maximum atomic E-state index is 12.0. The van der Waals surface area contributed by atoms with Crippen LogP contribution in [0.2, 0.25) is 0 Å². The number of rotatable bonds is 5. The Hall–Kier alpha value is -0.760. The zero-order chi connectivity index (χ0) is 10.6. The van der Waals surface area contributed by atoms with Crippen molar-refractivity contribution in [3.8, 4) is 0 Å². The second kappa shape index (κ2) is 5.20. The zero-order valence-electron chi connectivity index (χ0n) is 6.81. The van der Waals surface area contributed by atoms with Gasteiger partial charge in [0.2, 0.25) is 0 Å². The fourth-order valence-corrected chi connectivity index (χ4v) is 2.32. The highest BCUT2D eigenvalue weighted by Crippen LogP contribution is 2.28. The first-order valence-electron chi connectivity index (χ1n) is 3.55. The van der Waals surface area contributed by atoms with Crippen molar-refractivity contribution >= 4 is 29.1 Å². The van der Waals surface area contributed by atoms with E-state index in [2.05, 4.69) is 10.2 Å². The summed E-state index contributed by atoms with van der Waals surface area (Å²) in [6, 6.07) is 0. The van der Waals surface area contributed by atoms with Crippen molar-refractivity contribution in [3.63, 3.8) is 0 Å². The first-order chi connectivity index (χ1) is 6.59. The third kappa shape index (κ3) is 3.54. The van der Waals surface area contributed by atoms with Gasteiger partial charge in [0.15, 0.2) is 9.35 Å².